The van der Waals surface area contributed by atoms with Crippen LogP contribution in [0.15, 0.2) is 42.6 Å². The number of non-ortho nitro benzene ring substituents is 1. The van der Waals surface area contributed by atoms with Gasteiger partial charge in [-0.15, -0.1) is 0 Å². The maximum absolute atomic E-state index is 13.2. The Bertz CT molecular complexity index is 891. The molecule has 168 valence electrons. The number of aryl methyl sites for hydroxylation is 1. The summed E-state index contributed by atoms with van der Waals surface area (Å²) >= 11 is 0. The van der Waals surface area contributed by atoms with Gasteiger partial charge in [-0.1, -0.05) is 20.3 Å². The van der Waals surface area contributed by atoms with Crippen LogP contribution in [0.4, 0.5) is 5.69 Å². The minimum absolute atomic E-state index is 0.0288. The number of aromatic nitrogens is 1. The van der Waals surface area contributed by atoms with E-state index in [1.807, 2.05) is 43.8 Å². The predicted octanol–water partition coefficient (Wildman–Crippen LogP) is 4.00. The van der Waals surface area contributed by atoms with E-state index in [9.17, 15) is 19.7 Å². The molecule has 8 heteroatoms. The van der Waals surface area contributed by atoms with E-state index < -0.39 is 4.92 Å². The molecule has 2 aromatic rings. The first-order chi connectivity index (χ1) is 14.8. The van der Waals surface area contributed by atoms with Crippen LogP contribution in [0.1, 0.15) is 56.1 Å². The highest BCUT2D eigenvalue weighted by Gasteiger charge is 2.26. The van der Waals surface area contributed by atoms with Crippen molar-refractivity contribution >= 4 is 17.5 Å². The van der Waals surface area contributed by atoms with Crippen LogP contribution in [0.25, 0.3) is 0 Å². The third-order valence-corrected chi connectivity index (χ3v) is 5.55. The van der Waals surface area contributed by atoms with Crippen molar-refractivity contribution in [2.45, 2.75) is 52.6 Å². The summed E-state index contributed by atoms with van der Waals surface area (Å²) in [5.74, 6) is -0.405. The Labute approximate surface area is 183 Å². The summed E-state index contributed by atoms with van der Waals surface area (Å²) in [6, 6.07) is 9.30. The van der Waals surface area contributed by atoms with Crippen LogP contribution in [0, 0.1) is 10.1 Å². The average molecular weight is 429 g/mol. The van der Waals surface area contributed by atoms with Gasteiger partial charge in [0, 0.05) is 49.2 Å². The highest BCUT2D eigenvalue weighted by Crippen LogP contribution is 2.17. The minimum atomic E-state index is -0.501. The second-order valence-corrected chi connectivity index (χ2v) is 7.77. The Morgan fingerprint density at radius 2 is 1.84 bits per heavy atom. The number of carbonyl (C=O) groups is 2. The number of benzene rings is 1. The fraction of sp³-hybridized carbons (Fsp3) is 0.478. The molecule has 0 saturated heterocycles. The number of unbranched alkanes of at least 4 members (excludes halogenated alkanes) is 1. The van der Waals surface area contributed by atoms with Crippen molar-refractivity contribution in [3.05, 3.63) is 64.0 Å². The van der Waals surface area contributed by atoms with Crippen molar-refractivity contribution in [1.29, 1.82) is 0 Å². The number of hydrogen-bond acceptors (Lipinski definition) is 4. The average Bonchev–Trinajstić information content (AvgIpc) is 3.18. The smallest absolute Gasteiger partial charge is 0.269 e. The molecule has 0 aliphatic carbocycles. The molecule has 8 nitrogen and oxygen atoms in total. The number of hydrogen-bond donors (Lipinski definition) is 0. The van der Waals surface area contributed by atoms with Gasteiger partial charge in [-0.05, 0) is 44.0 Å². The lowest BCUT2D eigenvalue weighted by Crippen LogP contribution is -2.46. The molecule has 0 spiro atoms. The molecule has 0 N–H and O–H groups in total. The molecule has 0 unspecified atom stereocenters. The van der Waals surface area contributed by atoms with E-state index in [4.69, 9.17) is 0 Å². The molecule has 0 radical (unpaired) electrons. The van der Waals surface area contributed by atoms with E-state index in [0.29, 0.717) is 25.1 Å². The topological polar surface area (TPSA) is 88.7 Å². The fourth-order valence-corrected chi connectivity index (χ4v) is 3.28. The van der Waals surface area contributed by atoms with Crippen molar-refractivity contribution in [2.75, 3.05) is 13.1 Å². The quantitative estimate of drug-likeness (QED) is 0.400. The van der Waals surface area contributed by atoms with E-state index in [-0.39, 0.29) is 30.1 Å². The molecule has 1 aromatic carbocycles. The maximum Gasteiger partial charge on any atom is 0.269 e. The summed E-state index contributed by atoms with van der Waals surface area (Å²) in [6.07, 6.45) is 4.49. The molecular weight excluding hydrogens is 396 g/mol. The summed E-state index contributed by atoms with van der Waals surface area (Å²) in [5, 5.41) is 10.9. The highest BCUT2D eigenvalue weighted by atomic mass is 16.6. The van der Waals surface area contributed by atoms with Gasteiger partial charge in [0.25, 0.3) is 11.6 Å². The van der Waals surface area contributed by atoms with Crippen LogP contribution < -0.4 is 0 Å². The van der Waals surface area contributed by atoms with E-state index in [0.717, 1.165) is 18.5 Å². The molecule has 1 aromatic heterocycles. The number of nitro benzene ring substituents is 1. The first-order valence-corrected chi connectivity index (χ1v) is 10.7. The molecule has 1 atom stereocenters. The molecule has 1 heterocycles. The van der Waals surface area contributed by atoms with Gasteiger partial charge in [-0.2, -0.15) is 0 Å². The van der Waals surface area contributed by atoms with Crippen LogP contribution in [0.3, 0.4) is 0 Å². The Balaban J connectivity index is 2.21. The van der Waals surface area contributed by atoms with Crippen LogP contribution in [-0.4, -0.2) is 50.2 Å². The molecule has 2 amide bonds. The monoisotopic (exact) mass is 428 g/mol. The van der Waals surface area contributed by atoms with Crippen molar-refractivity contribution in [3.8, 4) is 0 Å². The van der Waals surface area contributed by atoms with E-state index >= 15 is 0 Å². The minimum Gasteiger partial charge on any atom is -0.353 e. The molecule has 0 aliphatic rings. The van der Waals surface area contributed by atoms with Gasteiger partial charge in [-0.25, -0.2) is 0 Å². The lowest BCUT2D eigenvalue weighted by Gasteiger charge is -2.31. The Morgan fingerprint density at radius 1 is 1.16 bits per heavy atom. The first kappa shape index (κ1) is 24.1. The van der Waals surface area contributed by atoms with Crippen molar-refractivity contribution in [2.24, 2.45) is 7.05 Å². The number of carbonyl (C=O) groups excluding carboxylic acids is 2. The summed E-state index contributed by atoms with van der Waals surface area (Å²) < 4.78 is 1.99. The molecular formula is C23H32N4O4. The molecule has 0 saturated carbocycles. The van der Waals surface area contributed by atoms with Crippen molar-refractivity contribution in [1.82, 2.24) is 14.4 Å². The summed E-state index contributed by atoms with van der Waals surface area (Å²) in [7, 11) is 1.95. The standard InChI is InChI=1S/C23H32N4O4/c1-5-7-15-25(16-21-9-8-14-24(21)4)22(28)17-26(18(3)6-2)23(29)19-10-12-20(13-11-19)27(30)31/h8-14,18H,5-7,15-17H2,1-4H3/t18-/m0/s1. The van der Waals surface area contributed by atoms with Crippen molar-refractivity contribution < 1.29 is 14.5 Å². The second kappa shape index (κ2) is 11.3. The second-order valence-electron chi connectivity index (χ2n) is 7.77. The van der Waals surface area contributed by atoms with Crippen LogP contribution in [0.5, 0.6) is 0 Å². The van der Waals surface area contributed by atoms with E-state index in [1.54, 1.807) is 9.80 Å². The van der Waals surface area contributed by atoms with E-state index in [1.165, 1.54) is 24.3 Å². The Kier molecular flexibility index (Phi) is 8.78. The third kappa shape index (κ3) is 6.41. The van der Waals surface area contributed by atoms with Gasteiger partial charge >= 0.3 is 0 Å². The first-order valence-electron chi connectivity index (χ1n) is 10.7. The zero-order valence-corrected chi connectivity index (χ0v) is 18.8. The van der Waals surface area contributed by atoms with Gasteiger partial charge in [0.15, 0.2) is 0 Å². The molecule has 31 heavy (non-hydrogen) atoms. The lowest BCUT2D eigenvalue weighted by atomic mass is 10.1. The normalized spacial score (nSPS) is 11.7. The van der Waals surface area contributed by atoms with Gasteiger partial charge < -0.3 is 14.4 Å². The van der Waals surface area contributed by atoms with E-state index in [2.05, 4.69) is 6.92 Å². The fourth-order valence-electron chi connectivity index (χ4n) is 3.28. The third-order valence-electron chi connectivity index (χ3n) is 5.55. The summed E-state index contributed by atoms with van der Waals surface area (Å²) in [6.45, 7) is 7.03. The zero-order chi connectivity index (χ0) is 23.0. The number of nitrogens with zero attached hydrogens (tertiary/aromatic N) is 4. The molecule has 2 rings (SSSR count). The maximum atomic E-state index is 13.2. The molecule has 0 aliphatic heterocycles. The SMILES string of the molecule is CCCCN(Cc1cccn1C)C(=O)CN(C(=O)c1ccc([N+](=O)[O-])cc1)[C@@H](C)CC. The molecule has 0 fully saturated rings. The van der Waals surface area contributed by atoms with Crippen molar-refractivity contribution in [3.63, 3.8) is 0 Å². The largest absolute Gasteiger partial charge is 0.353 e. The lowest BCUT2D eigenvalue weighted by molar-refractivity contribution is -0.384. The number of rotatable bonds is 11. The number of nitro groups is 1. The highest BCUT2D eigenvalue weighted by molar-refractivity contribution is 5.97. The molecule has 0 bridgehead atoms. The summed E-state index contributed by atoms with van der Waals surface area (Å²) in [4.78, 5) is 40.1. The van der Waals surface area contributed by atoms with Crippen LogP contribution >= 0.6 is 0 Å². The predicted molar refractivity (Wildman–Crippen MR) is 120 cm³/mol. The summed E-state index contributed by atoms with van der Waals surface area (Å²) in [5.41, 5.74) is 1.29. The van der Waals surface area contributed by atoms with Gasteiger partial charge in [0.05, 0.1) is 11.5 Å². The van der Waals surface area contributed by atoms with Crippen LogP contribution in [-0.2, 0) is 18.4 Å². The Hall–Kier alpha value is -3.16. The van der Waals surface area contributed by atoms with Gasteiger partial charge in [0.1, 0.15) is 6.54 Å². The van der Waals surface area contributed by atoms with Gasteiger partial charge in [-0.3, -0.25) is 19.7 Å². The van der Waals surface area contributed by atoms with Crippen LogP contribution in [0.2, 0.25) is 0 Å². The Morgan fingerprint density at radius 3 is 2.35 bits per heavy atom. The number of amides is 2. The van der Waals surface area contributed by atoms with Gasteiger partial charge in [0.2, 0.25) is 5.91 Å². The zero-order valence-electron chi connectivity index (χ0n) is 18.8.